The van der Waals surface area contributed by atoms with Crippen LogP contribution in [0.5, 0.6) is 5.75 Å². The standard InChI is InChI=1S/C25H18N2O9/c1-34-19-13-12-17(27(32)33)14-18(19)26-22(28)20(35-24(30)15-8-4-2-5-9-15)21(23(26)29)36-25(31)16-10-6-3-7-11-16/h2-14,20-21H,1H3/t20-,21+. The lowest BCUT2D eigenvalue weighted by atomic mass is 10.2. The Morgan fingerprint density at radius 1 is 0.806 bits per heavy atom. The van der Waals surface area contributed by atoms with Crippen molar-refractivity contribution in [3.63, 3.8) is 0 Å². The van der Waals surface area contributed by atoms with Crippen molar-refractivity contribution in [1.29, 1.82) is 0 Å². The summed E-state index contributed by atoms with van der Waals surface area (Å²) in [6.45, 7) is 0. The quantitative estimate of drug-likeness (QED) is 0.211. The molecule has 1 fully saturated rings. The lowest BCUT2D eigenvalue weighted by Gasteiger charge is -2.17. The van der Waals surface area contributed by atoms with Crippen LogP contribution in [-0.4, -0.2) is 48.0 Å². The van der Waals surface area contributed by atoms with Gasteiger partial charge in [-0.3, -0.25) is 19.7 Å². The van der Waals surface area contributed by atoms with Crippen molar-refractivity contribution in [3.8, 4) is 5.75 Å². The van der Waals surface area contributed by atoms with Crippen LogP contribution >= 0.6 is 0 Å². The summed E-state index contributed by atoms with van der Waals surface area (Å²) in [4.78, 5) is 63.3. The van der Waals surface area contributed by atoms with Gasteiger partial charge in [0.2, 0.25) is 12.2 Å². The van der Waals surface area contributed by atoms with Crippen LogP contribution in [-0.2, 0) is 19.1 Å². The number of nitrogens with zero attached hydrogens (tertiary/aromatic N) is 2. The molecular formula is C25H18N2O9. The summed E-state index contributed by atoms with van der Waals surface area (Å²) in [6.07, 6.45) is -3.69. The van der Waals surface area contributed by atoms with Crippen molar-refractivity contribution in [1.82, 2.24) is 0 Å². The van der Waals surface area contributed by atoms with Gasteiger partial charge < -0.3 is 14.2 Å². The van der Waals surface area contributed by atoms with Crippen LogP contribution in [0.2, 0.25) is 0 Å². The Hall–Kier alpha value is -5.06. The van der Waals surface area contributed by atoms with E-state index in [-0.39, 0.29) is 22.6 Å². The highest BCUT2D eigenvalue weighted by Crippen LogP contribution is 2.37. The van der Waals surface area contributed by atoms with Crippen LogP contribution in [0.25, 0.3) is 0 Å². The minimum Gasteiger partial charge on any atom is -0.495 e. The Balaban J connectivity index is 1.73. The van der Waals surface area contributed by atoms with Gasteiger partial charge >= 0.3 is 11.9 Å². The summed E-state index contributed by atoms with van der Waals surface area (Å²) < 4.78 is 15.8. The molecule has 0 radical (unpaired) electrons. The van der Waals surface area contributed by atoms with Gasteiger partial charge in [-0.05, 0) is 30.3 Å². The van der Waals surface area contributed by atoms with Gasteiger partial charge in [0.1, 0.15) is 11.4 Å². The molecule has 36 heavy (non-hydrogen) atoms. The van der Waals surface area contributed by atoms with Crippen molar-refractivity contribution in [2.24, 2.45) is 0 Å². The molecule has 1 heterocycles. The van der Waals surface area contributed by atoms with E-state index in [9.17, 15) is 29.3 Å². The van der Waals surface area contributed by atoms with Gasteiger partial charge in [-0.15, -0.1) is 0 Å². The summed E-state index contributed by atoms with van der Waals surface area (Å²) in [5, 5.41) is 11.3. The summed E-state index contributed by atoms with van der Waals surface area (Å²) in [7, 11) is 1.25. The van der Waals surface area contributed by atoms with Gasteiger partial charge in [0.25, 0.3) is 17.5 Å². The van der Waals surface area contributed by atoms with Gasteiger partial charge in [-0.25, -0.2) is 14.5 Å². The first-order valence-corrected chi connectivity index (χ1v) is 10.5. The second kappa shape index (κ2) is 10.1. The summed E-state index contributed by atoms with van der Waals surface area (Å²) >= 11 is 0. The fourth-order valence-electron chi connectivity index (χ4n) is 3.57. The average Bonchev–Trinajstić information content (AvgIpc) is 3.12. The fraction of sp³-hybridized carbons (Fsp3) is 0.120. The molecule has 1 saturated heterocycles. The van der Waals surface area contributed by atoms with E-state index in [0.717, 1.165) is 12.1 Å². The summed E-state index contributed by atoms with van der Waals surface area (Å²) in [5.74, 6) is -4.03. The smallest absolute Gasteiger partial charge is 0.339 e. The Bertz CT molecular complexity index is 1270. The number of imide groups is 1. The van der Waals surface area contributed by atoms with Crippen LogP contribution in [0.1, 0.15) is 20.7 Å². The maximum Gasteiger partial charge on any atom is 0.339 e. The third-order valence-corrected chi connectivity index (χ3v) is 5.30. The van der Waals surface area contributed by atoms with E-state index >= 15 is 0 Å². The molecule has 3 aromatic carbocycles. The molecule has 0 aliphatic carbocycles. The highest BCUT2D eigenvalue weighted by atomic mass is 16.6. The Kier molecular flexibility index (Phi) is 6.72. The minimum absolute atomic E-state index is 0.0366. The van der Waals surface area contributed by atoms with Gasteiger partial charge in [0, 0.05) is 12.1 Å². The van der Waals surface area contributed by atoms with Crippen molar-refractivity contribution in [2.75, 3.05) is 12.0 Å². The van der Waals surface area contributed by atoms with Crippen LogP contribution < -0.4 is 9.64 Å². The molecule has 0 saturated carbocycles. The lowest BCUT2D eigenvalue weighted by Crippen LogP contribution is -2.37. The van der Waals surface area contributed by atoms with Crippen LogP contribution in [0, 0.1) is 10.1 Å². The Morgan fingerprint density at radius 3 is 1.69 bits per heavy atom. The third-order valence-electron chi connectivity index (χ3n) is 5.30. The molecular weight excluding hydrogens is 472 g/mol. The summed E-state index contributed by atoms with van der Waals surface area (Å²) in [6, 6.07) is 18.7. The number of nitro benzene ring substituents is 1. The molecule has 2 amide bonds. The minimum atomic E-state index is -1.85. The van der Waals surface area contributed by atoms with Gasteiger partial charge in [0.05, 0.1) is 23.2 Å². The first kappa shape index (κ1) is 24.1. The highest BCUT2D eigenvalue weighted by Gasteiger charge is 2.54. The van der Waals surface area contributed by atoms with E-state index < -0.39 is 46.6 Å². The number of non-ortho nitro benzene ring substituents is 1. The Morgan fingerprint density at radius 2 is 1.28 bits per heavy atom. The summed E-state index contributed by atoms with van der Waals surface area (Å²) in [5.41, 5.74) is -0.496. The molecule has 4 rings (SSSR count). The van der Waals surface area contributed by atoms with E-state index in [1.807, 2.05) is 0 Å². The lowest BCUT2D eigenvalue weighted by molar-refractivity contribution is -0.384. The van der Waals surface area contributed by atoms with E-state index in [2.05, 4.69) is 0 Å². The van der Waals surface area contributed by atoms with Crippen molar-refractivity contribution in [2.45, 2.75) is 12.2 Å². The number of carbonyl (C=O) groups is 4. The zero-order chi connectivity index (χ0) is 25.8. The largest absolute Gasteiger partial charge is 0.495 e. The predicted octanol–water partition coefficient (Wildman–Crippen LogP) is 2.93. The zero-order valence-electron chi connectivity index (χ0n) is 18.7. The monoisotopic (exact) mass is 490 g/mol. The van der Waals surface area contributed by atoms with Crippen LogP contribution in [0.3, 0.4) is 0 Å². The molecule has 0 spiro atoms. The molecule has 1 aliphatic rings. The molecule has 0 N–H and O–H groups in total. The SMILES string of the molecule is COc1ccc([N+](=O)[O-])cc1N1C(=O)[C@@H](OC(=O)c2ccccc2)[C@@H](OC(=O)c2ccccc2)C1=O. The van der Waals surface area contributed by atoms with Crippen LogP contribution in [0.15, 0.2) is 78.9 Å². The molecule has 0 aromatic heterocycles. The molecule has 0 bridgehead atoms. The first-order chi connectivity index (χ1) is 17.3. The highest BCUT2D eigenvalue weighted by molar-refractivity contribution is 6.26. The van der Waals surface area contributed by atoms with E-state index in [4.69, 9.17) is 14.2 Å². The predicted molar refractivity (Wildman–Crippen MR) is 123 cm³/mol. The number of rotatable bonds is 7. The molecule has 3 aromatic rings. The second-order valence-electron chi connectivity index (χ2n) is 7.51. The topological polar surface area (TPSA) is 142 Å². The number of methoxy groups -OCH3 is 1. The molecule has 11 nitrogen and oxygen atoms in total. The van der Waals surface area contributed by atoms with E-state index in [1.165, 1.54) is 37.4 Å². The van der Waals surface area contributed by atoms with Gasteiger partial charge in [-0.1, -0.05) is 36.4 Å². The third kappa shape index (κ3) is 4.62. The van der Waals surface area contributed by atoms with Crippen molar-refractivity contribution < 1.29 is 38.3 Å². The second-order valence-corrected chi connectivity index (χ2v) is 7.51. The van der Waals surface area contributed by atoms with Gasteiger partial charge in [0.15, 0.2) is 0 Å². The number of ether oxygens (including phenoxy) is 3. The van der Waals surface area contributed by atoms with Crippen LogP contribution in [0.4, 0.5) is 11.4 Å². The molecule has 0 unspecified atom stereocenters. The number of benzene rings is 3. The molecule has 2 atom stereocenters. The number of carbonyl (C=O) groups excluding carboxylic acids is 4. The molecule has 11 heteroatoms. The fourth-order valence-corrected chi connectivity index (χ4v) is 3.57. The maximum atomic E-state index is 13.4. The maximum absolute atomic E-state index is 13.4. The van der Waals surface area contributed by atoms with Crippen molar-refractivity contribution >= 4 is 35.1 Å². The number of nitro groups is 1. The van der Waals surface area contributed by atoms with Crippen molar-refractivity contribution in [3.05, 3.63) is 100 Å². The van der Waals surface area contributed by atoms with E-state index in [1.54, 1.807) is 36.4 Å². The molecule has 182 valence electrons. The normalized spacial score (nSPS) is 17.0. The van der Waals surface area contributed by atoms with Gasteiger partial charge in [-0.2, -0.15) is 0 Å². The first-order valence-electron chi connectivity index (χ1n) is 10.5. The average molecular weight is 490 g/mol. The zero-order valence-corrected chi connectivity index (χ0v) is 18.7. The van der Waals surface area contributed by atoms with E-state index in [0.29, 0.717) is 4.90 Å². The number of hydrogen-bond donors (Lipinski definition) is 0. The number of hydrogen-bond acceptors (Lipinski definition) is 9. The Labute approximate surface area is 203 Å². The number of anilines is 1. The number of esters is 2. The number of amides is 2. The molecule has 1 aliphatic heterocycles.